The van der Waals surface area contributed by atoms with E-state index in [1.165, 1.54) is 26.2 Å². The van der Waals surface area contributed by atoms with Crippen molar-refractivity contribution in [2.45, 2.75) is 31.2 Å². The molecule has 1 fully saturated rings. The van der Waals surface area contributed by atoms with Gasteiger partial charge in [-0.1, -0.05) is 6.07 Å². The molecule has 1 aliphatic heterocycles. The van der Waals surface area contributed by atoms with Gasteiger partial charge in [0.15, 0.2) is 0 Å². The number of hydrogen-bond acceptors (Lipinski definition) is 5. The summed E-state index contributed by atoms with van der Waals surface area (Å²) < 4.78 is 31.2. The standard InChI is InChI=1S/C18H29N3O4S/c1-14-6-7-15(26(23,24)20(4)5)12-16(14)17(22)19-13-18(2,3)21-8-10-25-11-9-21/h6-7,12H,8-11,13H2,1-5H3,(H,19,22). The Morgan fingerprint density at radius 3 is 2.46 bits per heavy atom. The summed E-state index contributed by atoms with van der Waals surface area (Å²) in [5, 5.41) is 2.96. The maximum Gasteiger partial charge on any atom is 0.251 e. The third-order valence-electron chi connectivity index (χ3n) is 4.78. The highest BCUT2D eigenvalue weighted by molar-refractivity contribution is 7.89. The lowest BCUT2D eigenvalue weighted by atomic mass is 10.0. The molecule has 26 heavy (non-hydrogen) atoms. The zero-order valence-corrected chi connectivity index (χ0v) is 17.0. The summed E-state index contributed by atoms with van der Waals surface area (Å²) >= 11 is 0. The maximum absolute atomic E-state index is 12.7. The molecule has 1 amide bonds. The van der Waals surface area contributed by atoms with Crippen LogP contribution in [0.25, 0.3) is 0 Å². The summed E-state index contributed by atoms with van der Waals surface area (Å²) in [5.74, 6) is -0.264. The van der Waals surface area contributed by atoms with Crippen LogP contribution in [0.15, 0.2) is 23.1 Å². The third-order valence-corrected chi connectivity index (χ3v) is 6.59. The van der Waals surface area contributed by atoms with Crippen LogP contribution in [0.3, 0.4) is 0 Å². The minimum absolute atomic E-state index is 0.116. The van der Waals surface area contributed by atoms with E-state index in [9.17, 15) is 13.2 Å². The molecule has 2 rings (SSSR count). The Kier molecular flexibility index (Phi) is 6.44. The Labute approximate surface area is 156 Å². The van der Waals surface area contributed by atoms with Crippen molar-refractivity contribution in [2.75, 3.05) is 46.9 Å². The Hall–Kier alpha value is -1.48. The molecule has 8 heteroatoms. The van der Waals surface area contributed by atoms with Crippen molar-refractivity contribution >= 4 is 15.9 Å². The van der Waals surface area contributed by atoms with Crippen molar-refractivity contribution in [1.82, 2.24) is 14.5 Å². The maximum atomic E-state index is 12.7. The number of rotatable bonds is 6. The van der Waals surface area contributed by atoms with Gasteiger partial charge in [0, 0.05) is 44.8 Å². The lowest BCUT2D eigenvalue weighted by Gasteiger charge is -2.40. The van der Waals surface area contributed by atoms with E-state index in [1.54, 1.807) is 13.0 Å². The zero-order chi connectivity index (χ0) is 19.5. The minimum Gasteiger partial charge on any atom is -0.379 e. The highest BCUT2D eigenvalue weighted by Crippen LogP contribution is 2.19. The summed E-state index contributed by atoms with van der Waals surface area (Å²) in [7, 11) is -0.635. The topological polar surface area (TPSA) is 79.0 Å². The van der Waals surface area contributed by atoms with Gasteiger partial charge in [0.1, 0.15) is 0 Å². The minimum atomic E-state index is -3.58. The number of ether oxygens (including phenoxy) is 1. The lowest BCUT2D eigenvalue weighted by Crippen LogP contribution is -2.55. The first kappa shape index (κ1) is 20.8. The summed E-state index contributed by atoms with van der Waals surface area (Å²) in [6, 6.07) is 4.64. The van der Waals surface area contributed by atoms with E-state index >= 15 is 0 Å². The molecule has 0 aliphatic carbocycles. The van der Waals surface area contributed by atoms with Gasteiger partial charge in [0.25, 0.3) is 5.91 Å². The molecule has 1 N–H and O–H groups in total. The first-order valence-corrected chi connectivity index (χ1v) is 10.1. The van der Waals surface area contributed by atoms with Crippen LogP contribution in [-0.4, -0.2) is 76.0 Å². The average Bonchev–Trinajstić information content (AvgIpc) is 2.60. The molecule has 1 aromatic rings. The number of carbonyl (C=O) groups is 1. The highest BCUT2D eigenvalue weighted by atomic mass is 32.2. The monoisotopic (exact) mass is 383 g/mol. The van der Waals surface area contributed by atoms with Crippen LogP contribution in [0.2, 0.25) is 0 Å². The normalized spacial score (nSPS) is 16.7. The summed E-state index contributed by atoms with van der Waals surface area (Å²) in [6.07, 6.45) is 0. The number of amides is 1. The predicted molar refractivity (Wildman–Crippen MR) is 101 cm³/mol. The second-order valence-electron chi connectivity index (χ2n) is 7.36. The fourth-order valence-electron chi connectivity index (χ4n) is 2.89. The quantitative estimate of drug-likeness (QED) is 0.795. The van der Waals surface area contributed by atoms with Crippen LogP contribution in [0.4, 0.5) is 0 Å². The number of nitrogens with one attached hydrogen (secondary N) is 1. The Balaban J connectivity index is 2.14. The van der Waals surface area contributed by atoms with E-state index in [0.29, 0.717) is 25.3 Å². The van der Waals surface area contributed by atoms with Crippen molar-refractivity contribution in [1.29, 1.82) is 0 Å². The van der Waals surface area contributed by atoms with Gasteiger partial charge in [-0.3, -0.25) is 9.69 Å². The van der Waals surface area contributed by atoms with Crippen molar-refractivity contribution in [3.05, 3.63) is 29.3 Å². The van der Waals surface area contributed by atoms with Gasteiger partial charge in [-0.2, -0.15) is 0 Å². The SMILES string of the molecule is Cc1ccc(S(=O)(=O)N(C)C)cc1C(=O)NCC(C)(C)N1CCOCC1. The molecule has 1 heterocycles. The fourth-order valence-corrected chi connectivity index (χ4v) is 3.82. The van der Waals surface area contributed by atoms with Gasteiger partial charge in [-0.15, -0.1) is 0 Å². The number of benzene rings is 1. The molecule has 1 saturated heterocycles. The first-order valence-electron chi connectivity index (χ1n) is 8.70. The van der Waals surface area contributed by atoms with Crippen LogP contribution >= 0.6 is 0 Å². The number of carbonyl (C=O) groups excluding carboxylic acids is 1. The van der Waals surface area contributed by atoms with Crippen molar-refractivity contribution < 1.29 is 17.9 Å². The van der Waals surface area contributed by atoms with Gasteiger partial charge in [0.2, 0.25) is 10.0 Å². The Morgan fingerprint density at radius 2 is 1.88 bits per heavy atom. The second kappa shape index (κ2) is 8.04. The molecule has 0 saturated carbocycles. The third kappa shape index (κ3) is 4.62. The molecule has 0 atom stereocenters. The van der Waals surface area contributed by atoms with Gasteiger partial charge < -0.3 is 10.1 Å². The second-order valence-corrected chi connectivity index (χ2v) is 9.51. The van der Waals surface area contributed by atoms with Gasteiger partial charge in [0.05, 0.1) is 18.1 Å². The lowest BCUT2D eigenvalue weighted by molar-refractivity contribution is -0.00923. The van der Waals surface area contributed by atoms with Crippen molar-refractivity contribution in [2.24, 2.45) is 0 Å². The van der Waals surface area contributed by atoms with E-state index in [1.807, 2.05) is 0 Å². The van der Waals surface area contributed by atoms with Gasteiger partial charge in [-0.25, -0.2) is 12.7 Å². The summed E-state index contributed by atoms with van der Waals surface area (Å²) in [5.41, 5.74) is 0.913. The number of nitrogens with zero attached hydrogens (tertiary/aromatic N) is 2. The molecular weight excluding hydrogens is 354 g/mol. The first-order chi connectivity index (χ1) is 12.1. The molecule has 0 aromatic heterocycles. The van der Waals surface area contributed by atoms with E-state index in [4.69, 9.17) is 4.74 Å². The molecule has 0 bridgehead atoms. The molecule has 0 spiro atoms. The van der Waals surface area contributed by atoms with E-state index in [-0.39, 0.29) is 16.3 Å². The van der Waals surface area contributed by atoms with Crippen LogP contribution < -0.4 is 5.32 Å². The summed E-state index contributed by atoms with van der Waals surface area (Å²) in [4.78, 5) is 15.1. The largest absolute Gasteiger partial charge is 0.379 e. The fraction of sp³-hybridized carbons (Fsp3) is 0.611. The van der Waals surface area contributed by atoms with Crippen LogP contribution in [0.5, 0.6) is 0 Å². The van der Waals surface area contributed by atoms with E-state index < -0.39 is 10.0 Å². The van der Waals surface area contributed by atoms with Crippen LogP contribution in [-0.2, 0) is 14.8 Å². The number of morpholine rings is 1. The number of aryl methyl sites for hydroxylation is 1. The Morgan fingerprint density at radius 1 is 1.27 bits per heavy atom. The van der Waals surface area contributed by atoms with Crippen molar-refractivity contribution in [3.63, 3.8) is 0 Å². The summed E-state index contributed by atoms with van der Waals surface area (Å²) in [6.45, 7) is 9.49. The molecule has 0 unspecified atom stereocenters. The van der Waals surface area contributed by atoms with Gasteiger partial charge >= 0.3 is 0 Å². The van der Waals surface area contributed by atoms with Crippen LogP contribution in [0, 0.1) is 6.92 Å². The average molecular weight is 384 g/mol. The zero-order valence-electron chi connectivity index (χ0n) is 16.2. The highest BCUT2D eigenvalue weighted by Gasteiger charge is 2.29. The number of sulfonamides is 1. The predicted octanol–water partition coefficient (Wildman–Crippen LogP) is 1.09. The smallest absolute Gasteiger partial charge is 0.251 e. The Bertz CT molecular complexity index is 754. The van der Waals surface area contributed by atoms with E-state index in [2.05, 4.69) is 24.1 Å². The molecular formula is C18H29N3O4S. The van der Waals surface area contributed by atoms with Crippen LogP contribution in [0.1, 0.15) is 29.8 Å². The molecule has 1 aromatic carbocycles. The molecule has 1 aliphatic rings. The number of hydrogen-bond donors (Lipinski definition) is 1. The molecule has 7 nitrogen and oxygen atoms in total. The van der Waals surface area contributed by atoms with E-state index in [0.717, 1.165) is 23.0 Å². The molecule has 146 valence electrons. The van der Waals surface area contributed by atoms with Crippen molar-refractivity contribution in [3.8, 4) is 0 Å². The van der Waals surface area contributed by atoms with Gasteiger partial charge in [-0.05, 0) is 38.5 Å². The molecule has 0 radical (unpaired) electrons.